The maximum absolute atomic E-state index is 12.8. The molecule has 0 aliphatic carbocycles. The van der Waals surface area contributed by atoms with Gasteiger partial charge in [-0.2, -0.15) is 13.2 Å². The zero-order valence-corrected chi connectivity index (χ0v) is 14.1. The smallest absolute Gasteiger partial charge is 0.407 e. The molecule has 0 aliphatic rings. The zero-order valence-electron chi connectivity index (χ0n) is 12.5. The lowest BCUT2D eigenvalue weighted by Crippen LogP contribution is -2.32. The van der Waals surface area contributed by atoms with Crippen molar-refractivity contribution >= 4 is 22.0 Å². The number of carbonyl (C=O) groups excluding carboxylic acids is 1. The third-order valence-corrected chi connectivity index (χ3v) is 3.74. The molecular weight excluding hydrogens is 387 g/mol. The molecule has 24 heavy (non-hydrogen) atoms. The Morgan fingerprint density at radius 3 is 2.29 bits per heavy atom. The van der Waals surface area contributed by atoms with Crippen molar-refractivity contribution in [3.63, 3.8) is 0 Å². The van der Waals surface area contributed by atoms with Gasteiger partial charge in [0.2, 0.25) is 0 Å². The van der Waals surface area contributed by atoms with Crippen LogP contribution in [0.25, 0.3) is 0 Å². The van der Waals surface area contributed by atoms with Gasteiger partial charge in [0.15, 0.2) is 0 Å². The van der Waals surface area contributed by atoms with Crippen LogP contribution in [0.15, 0.2) is 59.1 Å². The topological polar surface area (TPSA) is 38.3 Å². The molecule has 0 heterocycles. The van der Waals surface area contributed by atoms with Gasteiger partial charge >= 0.3 is 12.3 Å². The highest BCUT2D eigenvalue weighted by molar-refractivity contribution is 9.10. The molecule has 7 heteroatoms. The number of ether oxygens (including phenoxy) is 1. The van der Waals surface area contributed by atoms with Gasteiger partial charge in [-0.3, -0.25) is 0 Å². The van der Waals surface area contributed by atoms with Gasteiger partial charge in [-0.15, -0.1) is 0 Å². The molecule has 1 amide bonds. The fraction of sp³-hybridized carbons (Fsp3) is 0.235. The molecule has 0 saturated carbocycles. The third-order valence-electron chi connectivity index (χ3n) is 3.21. The molecule has 0 bridgehead atoms. The molecule has 2 aromatic carbocycles. The predicted octanol–water partition coefficient (Wildman–Crippen LogP) is 5.37. The second-order valence-corrected chi connectivity index (χ2v) is 6.05. The summed E-state index contributed by atoms with van der Waals surface area (Å²) in [5.74, 6) is 0. The summed E-state index contributed by atoms with van der Waals surface area (Å²) in [5, 5.41) is 2.28. The Bertz CT molecular complexity index is 660. The van der Waals surface area contributed by atoms with Gasteiger partial charge < -0.3 is 10.1 Å². The van der Waals surface area contributed by atoms with Crippen molar-refractivity contribution in [2.45, 2.75) is 25.2 Å². The molecule has 2 rings (SSSR count). The van der Waals surface area contributed by atoms with E-state index in [4.69, 9.17) is 4.74 Å². The monoisotopic (exact) mass is 401 g/mol. The Morgan fingerprint density at radius 2 is 1.71 bits per heavy atom. The molecule has 0 aliphatic heterocycles. The number of hydrogen-bond acceptors (Lipinski definition) is 2. The van der Waals surface area contributed by atoms with Crippen molar-refractivity contribution in [3.05, 3.63) is 70.2 Å². The molecule has 0 fully saturated rings. The van der Waals surface area contributed by atoms with Crippen LogP contribution in [0.5, 0.6) is 0 Å². The first kappa shape index (κ1) is 18.3. The number of benzene rings is 2. The summed E-state index contributed by atoms with van der Waals surface area (Å²) < 4.78 is 44.0. The second kappa shape index (κ2) is 8.19. The van der Waals surface area contributed by atoms with Gasteiger partial charge in [-0.1, -0.05) is 58.4 Å². The molecular formula is C17H15BrF3NO2. The van der Waals surface area contributed by atoms with Gasteiger partial charge in [0.1, 0.15) is 6.61 Å². The lowest BCUT2D eigenvalue weighted by molar-refractivity contribution is -0.140. The maximum atomic E-state index is 12.8. The van der Waals surface area contributed by atoms with Gasteiger partial charge in [0.25, 0.3) is 0 Å². The number of nitrogens with one attached hydrogen (secondary N) is 1. The summed E-state index contributed by atoms with van der Waals surface area (Å²) in [6.45, 7) is -0.00819. The van der Waals surface area contributed by atoms with E-state index < -0.39 is 24.7 Å². The van der Waals surface area contributed by atoms with E-state index in [0.717, 1.165) is 10.0 Å². The summed E-state index contributed by atoms with van der Waals surface area (Å²) in [7, 11) is 0. The van der Waals surface area contributed by atoms with E-state index in [0.29, 0.717) is 5.56 Å². The van der Waals surface area contributed by atoms with Gasteiger partial charge in [-0.05, 0) is 23.3 Å². The largest absolute Gasteiger partial charge is 0.445 e. The van der Waals surface area contributed by atoms with Crippen LogP contribution in [0.3, 0.4) is 0 Å². The van der Waals surface area contributed by atoms with Crippen LogP contribution < -0.4 is 5.32 Å². The molecule has 2 aromatic rings. The number of halogens is 4. The van der Waals surface area contributed by atoms with E-state index in [2.05, 4.69) is 21.2 Å². The first-order valence-corrected chi connectivity index (χ1v) is 7.92. The van der Waals surface area contributed by atoms with Gasteiger partial charge in [-0.25, -0.2) is 4.79 Å². The van der Waals surface area contributed by atoms with Crippen molar-refractivity contribution in [2.24, 2.45) is 0 Å². The van der Waals surface area contributed by atoms with Gasteiger partial charge in [0.05, 0.1) is 12.5 Å². The molecule has 0 radical (unpaired) electrons. The number of alkyl halides is 3. The minimum atomic E-state index is -4.41. The molecule has 0 spiro atoms. The molecule has 0 aromatic heterocycles. The Morgan fingerprint density at radius 1 is 1.08 bits per heavy atom. The highest BCUT2D eigenvalue weighted by atomic mass is 79.9. The summed E-state index contributed by atoms with van der Waals surface area (Å²) in [5.41, 5.74) is 1.11. The molecule has 1 atom stereocenters. The second-order valence-electron chi connectivity index (χ2n) is 5.13. The van der Waals surface area contributed by atoms with E-state index in [-0.39, 0.29) is 6.61 Å². The SMILES string of the molecule is O=C(NC(CC(F)(F)F)c1ccc(Br)cc1)OCc1ccccc1. The fourth-order valence-electron chi connectivity index (χ4n) is 2.09. The van der Waals surface area contributed by atoms with Crippen molar-refractivity contribution < 1.29 is 22.7 Å². The molecule has 3 nitrogen and oxygen atoms in total. The van der Waals surface area contributed by atoms with E-state index in [1.807, 2.05) is 6.07 Å². The minimum absolute atomic E-state index is 0.00819. The van der Waals surface area contributed by atoms with E-state index in [1.165, 1.54) is 12.1 Å². The highest BCUT2D eigenvalue weighted by Crippen LogP contribution is 2.30. The minimum Gasteiger partial charge on any atom is -0.445 e. The molecule has 128 valence electrons. The van der Waals surface area contributed by atoms with Crippen LogP contribution in [-0.4, -0.2) is 12.3 Å². The number of hydrogen-bond donors (Lipinski definition) is 1. The first-order chi connectivity index (χ1) is 11.3. The summed E-state index contributed by atoms with van der Waals surface area (Å²) in [4.78, 5) is 11.8. The average Bonchev–Trinajstić information content (AvgIpc) is 2.53. The quantitative estimate of drug-likeness (QED) is 0.731. The molecule has 1 unspecified atom stereocenters. The number of alkyl carbamates (subject to hydrolysis) is 1. The van der Waals surface area contributed by atoms with E-state index >= 15 is 0 Å². The highest BCUT2D eigenvalue weighted by Gasteiger charge is 2.33. The first-order valence-electron chi connectivity index (χ1n) is 7.13. The Kier molecular flexibility index (Phi) is 6.25. The van der Waals surface area contributed by atoms with Crippen LogP contribution in [0.2, 0.25) is 0 Å². The summed E-state index contributed by atoms with van der Waals surface area (Å²) in [6.07, 6.45) is -6.48. The number of carbonyl (C=O) groups is 1. The van der Waals surface area contributed by atoms with Crippen molar-refractivity contribution in [2.75, 3.05) is 0 Å². The lowest BCUT2D eigenvalue weighted by atomic mass is 10.0. The Hall–Kier alpha value is -2.02. The predicted molar refractivity (Wildman–Crippen MR) is 87.3 cm³/mol. The summed E-state index contributed by atoms with van der Waals surface area (Å²) >= 11 is 3.22. The third kappa shape index (κ3) is 6.23. The van der Waals surface area contributed by atoms with Crippen molar-refractivity contribution in [3.8, 4) is 0 Å². The number of amides is 1. The number of rotatable bonds is 5. The molecule has 1 N–H and O–H groups in total. The summed E-state index contributed by atoms with van der Waals surface area (Å²) in [6, 6.07) is 14.0. The van der Waals surface area contributed by atoms with Gasteiger partial charge in [0, 0.05) is 4.47 Å². The van der Waals surface area contributed by atoms with Crippen LogP contribution in [0.1, 0.15) is 23.6 Å². The van der Waals surface area contributed by atoms with E-state index in [9.17, 15) is 18.0 Å². The van der Waals surface area contributed by atoms with Crippen LogP contribution in [-0.2, 0) is 11.3 Å². The van der Waals surface area contributed by atoms with Crippen LogP contribution >= 0.6 is 15.9 Å². The van der Waals surface area contributed by atoms with Crippen LogP contribution in [0.4, 0.5) is 18.0 Å². The Balaban J connectivity index is 2.01. The standard InChI is InChI=1S/C17H15BrF3NO2/c18-14-8-6-13(7-9-14)15(10-17(19,20)21)22-16(23)24-11-12-4-2-1-3-5-12/h1-9,15H,10-11H2,(H,22,23). The van der Waals surface area contributed by atoms with Crippen LogP contribution in [0, 0.1) is 0 Å². The Labute approximate surface area is 146 Å². The lowest BCUT2D eigenvalue weighted by Gasteiger charge is -2.20. The maximum Gasteiger partial charge on any atom is 0.407 e. The van der Waals surface area contributed by atoms with Crippen molar-refractivity contribution in [1.82, 2.24) is 5.32 Å². The molecule has 0 saturated heterocycles. The normalized spacial score (nSPS) is 12.5. The fourth-order valence-corrected chi connectivity index (χ4v) is 2.35. The van der Waals surface area contributed by atoms with Crippen molar-refractivity contribution in [1.29, 1.82) is 0 Å². The van der Waals surface area contributed by atoms with E-state index in [1.54, 1.807) is 36.4 Å². The zero-order chi connectivity index (χ0) is 17.6. The average molecular weight is 402 g/mol.